The molecule has 1 aromatic rings. The lowest BCUT2D eigenvalue weighted by molar-refractivity contribution is 0.0722. The van der Waals surface area contributed by atoms with Crippen LogP contribution < -0.4 is 5.32 Å². The molecule has 0 aromatic carbocycles. The Morgan fingerprint density at radius 3 is 3.00 bits per heavy atom. The number of hydrogen-bond donors (Lipinski definition) is 1. The molecule has 18 heavy (non-hydrogen) atoms. The first kappa shape index (κ1) is 13.6. The van der Waals surface area contributed by atoms with Crippen molar-refractivity contribution in [1.82, 2.24) is 10.2 Å². The monoisotopic (exact) mass is 266 g/mol. The standard InChI is InChI=1S/C14H22N2OS/c1-11(2)8-16(9-13-4-3-6-15-13)14(17)12-5-7-18-10-12/h5,7,10-11,13,15H,3-4,6,8-9H2,1-2H3. The van der Waals surface area contributed by atoms with E-state index in [1.165, 1.54) is 12.8 Å². The van der Waals surface area contributed by atoms with E-state index in [1.807, 2.05) is 21.7 Å². The summed E-state index contributed by atoms with van der Waals surface area (Å²) in [6.45, 7) is 7.10. The van der Waals surface area contributed by atoms with Crippen LogP contribution in [-0.2, 0) is 0 Å². The first-order valence-electron chi connectivity index (χ1n) is 6.71. The molecule has 1 fully saturated rings. The predicted octanol–water partition coefficient (Wildman–Crippen LogP) is 2.60. The minimum Gasteiger partial charge on any atom is -0.337 e. The zero-order valence-electron chi connectivity index (χ0n) is 11.2. The molecule has 1 unspecified atom stereocenters. The summed E-state index contributed by atoms with van der Waals surface area (Å²) in [7, 11) is 0. The molecule has 1 saturated heterocycles. The molecule has 1 N–H and O–H groups in total. The van der Waals surface area contributed by atoms with Gasteiger partial charge in [-0.1, -0.05) is 13.8 Å². The highest BCUT2D eigenvalue weighted by Gasteiger charge is 2.23. The lowest BCUT2D eigenvalue weighted by atomic mass is 10.1. The van der Waals surface area contributed by atoms with Crippen LogP contribution in [0.3, 0.4) is 0 Å². The van der Waals surface area contributed by atoms with Gasteiger partial charge in [-0.05, 0) is 36.8 Å². The Morgan fingerprint density at radius 1 is 1.61 bits per heavy atom. The summed E-state index contributed by atoms with van der Waals surface area (Å²) in [6.07, 6.45) is 2.42. The van der Waals surface area contributed by atoms with Gasteiger partial charge < -0.3 is 10.2 Å². The van der Waals surface area contributed by atoms with Crippen LogP contribution in [-0.4, -0.2) is 36.5 Å². The normalized spacial score (nSPS) is 19.4. The van der Waals surface area contributed by atoms with Crippen LogP contribution >= 0.6 is 11.3 Å². The Bertz CT molecular complexity index is 369. The van der Waals surface area contributed by atoms with Gasteiger partial charge in [0.2, 0.25) is 0 Å². The molecule has 0 saturated carbocycles. The average Bonchev–Trinajstić information content (AvgIpc) is 2.99. The van der Waals surface area contributed by atoms with E-state index in [0.29, 0.717) is 12.0 Å². The Kier molecular flexibility index (Phi) is 4.78. The van der Waals surface area contributed by atoms with Crippen LogP contribution in [0.15, 0.2) is 16.8 Å². The largest absolute Gasteiger partial charge is 0.337 e. The van der Waals surface area contributed by atoms with Crippen molar-refractivity contribution in [2.45, 2.75) is 32.7 Å². The third-order valence-corrected chi connectivity index (χ3v) is 3.93. The van der Waals surface area contributed by atoms with Gasteiger partial charge in [0.05, 0.1) is 5.56 Å². The van der Waals surface area contributed by atoms with Gasteiger partial charge in [0, 0.05) is 24.5 Å². The number of rotatable bonds is 5. The van der Waals surface area contributed by atoms with Crippen LogP contribution in [0.2, 0.25) is 0 Å². The van der Waals surface area contributed by atoms with Gasteiger partial charge in [0.15, 0.2) is 0 Å². The second-order valence-electron chi connectivity index (χ2n) is 5.41. The van der Waals surface area contributed by atoms with Crippen LogP contribution in [0.1, 0.15) is 37.0 Å². The van der Waals surface area contributed by atoms with Crippen molar-refractivity contribution in [3.63, 3.8) is 0 Å². The first-order chi connectivity index (χ1) is 8.66. The molecule has 1 aliphatic rings. The highest BCUT2D eigenvalue weighted by molar-refractivity contribution is 7.08. The van der Waals surface area contributed by atoms with Crippen molar-refractivity contribution < 1.29 is 4.79 Å². The van der Waals surface area contributed by atoms with Crippen molar-refractivity contribution in [3.05, 3.63) is 22.4 Å². The van der Waals surface area contributed by atoms with Gasteiger partial charge in [-0.15, -0.1) is 0 Å². The van der Waals surface area contributed by atoms with Gasteiger partial charge >= 0.3 is 0 Å². The molecule has 1 atom stereocenters. The average molecular weight is 266 g/mol. The summed E-state index contributed by atoms with van der Waals surface area (Å²) in [5, 5.41) is 7.38. The summed E-state index contributed by atoms with van der Waals surface area (Å²) >= 11 is 1.58. The maximum absolute atomic E-state index is 12.4. The van der Waals surface area contributed by atoms with Crippen molar-refractivity contribution in [2.24, 2.45) is 5.92 Å². The third kappa shape index (κ3) is 3.56. The lowest BCUT2D eigenvalue weighted by Gasteiger charge is -2.27. The fourth-order valence-corrected chi connectivity index (χ4v) is 3.06. The summed E-state index contributed by atoms with van der Waals surface area (Å²) < 4.78 is 0. The maximum Gasteiger partial charge on any atom is 0.254 e. The highest BCUT2D eigenvalue weighted by Crippen LogP contribution is 2.14. The Balaban J connectivity index is 2.01. The Morgan fingerprint density at radius 2 is 2.44 bits per heavy atom. The number of hydrogen-bond acceptors (Lipinski definition) is 3. The summed E-state index contributed by atoms with van der Waals surface area (Å²) in [4.78, 5) is 14.4. The molecule has 0 radical (unpaired) electrons. The molecule has 1 aromatic heterocycles. The van der Waals surface area contributed by atoms with E-state index in [1.54, 1.807) is 11.3 Å². The summed E-state index contributed by atoms with van der Waals surface area (Å²) in [6, 6.07) is 2.40. The Hall–Kier alpha value is -0.870. The van der Waals surface area contributed by atoms with E-state index in [2.05, 4.69) is 19.2 Å². The van der Waals surface area contributed by atoms with Crippen LogP contribution in [0.5, 0.6) is 0 Å². The zero-order chi connectivity index (χ0) is 13.0. The number of nitrogens with zero attached hydrogens (tertiary/aromatic N) is 1. The number of thiophene rings is 1. The predicted molar refractivity (Wildman–Crippen MR) is 76.1 cm³/mol. The van der Waals surface area contributed by atoms with E-state index in [9.17, 15) is 4.79 Å². The summed E-state index contributed by atoms with van der Waals surface area (Å²) in [5.74, 6) is 0.688. The molecule has 3 nitrogen and oxygen atoms in total. The SMILES string of the molecule is CC(C)CN(CC1CCCN1)C(=O)c1ccsc1. The fraction of sp³-hybridized carbons (Fsp3) is 0.643. The topological polar surface area (TPSA) is 32.3 Å². The molecular formula is C14H22N2OS. The zero-order valence-corrected chi connectivity index (χ0v) is 12.0. The van der Waals surface area contributed by atoms with Crippen molar-refractivity contribution in [2.75, 3.05) is 19.6 Å². The van der Waals surface area contributed by atoms with Crippen molar-refractivity contribution in [1.29, 1.82) is 0 Å². The van der Waals surface area contributed by atoms with Gasteiger partial charge in [-0.2, -0.15) is 11.3 Å². The molecule has 2 rings (SSSR count). The molecule has 1 amide bonds. The quantitative estimate of drug-likeness (QED) is 0.888. The molecule has 100 valence electrons. The molecule has 4 heteroatoms. The second kappa shape index (κ2) is 6.34. The number of carbonyl (C=O) groups is 1. The van der Waals surface area contributed by atoms with E-state index in [0.717, 1.165) is 25.2 Å². The molecule has 1 aliphatic heterocycles. The molecule has 0 bridgehead atoms. The van der Waals surface area contributed by atoms with E-state index in [-0.39, 0.29) is 5.91 Å². The van der Waals surface area contributed by atoms with Crippen LogP contribution in [0.25, 0.3) is 0 Å². The smallest absolute Gasteiger partial charge is 0.254 e. The van der Waals surface area contributed by atoms with Crippen molar-refractivity contribution in [3.8, 4) is 0 Å². The lowest BCUT2D eigenvalue weighted by Crippen LogP contribution is -2.42. The highest BCUT2D eigenvalue weighted by atomic mass is 32.1. The summed E-state index contributed by atoms with van der Waals surface area (Å²) in [5.41, 5.74) is 0.832. The molecule has 0 aliphatic carbocycles. The fourth-order valence-electron chi connectivity index (χ4n) is 2.43. The van der Waals surface area contributed by atoms with E-state index < -0.39 is 0 Å². The minimum absolute atomic E-state index is 0.179. The molecular weight excluding hydrogens is 244 g/mol. The van der Waals surface area contributed by atoms with Crippen molar-refractivity contribution >= 4 is 17.2 Å². The van der Waals surface area contributed by atoms with Gasteiger partial charge in [-0.3, -0.25) is 4.79 Å². The van der Waals surface area contributed by atoms with Gasteiger partial charge in [0.1, 0.15) is 0 Å². The Labute approximate surface area is 113 Å². The van der Waals surface area contributed by atoms with E-state index in [4.69, 9.17) is 0 Å². The van der Waals surface area contributed by atoms with Gasteiger partial charge in [0.25, 0.3) is 5.91 Å². The number of nitrogens with one attached hydrogen (secondary N) is 1. The van der Waals surface area contributed by atoms with E-state index >= 15 is 0 Å². The number of amides is 1. The maximum atomic E-state index is 12.4. The molecule has 0 spiro atoms. The first-order valence-corrected chi connectivity index (χ1v) is 7.66. The second-order valence-corrected chi connectivity index (χ2v) is 6.19. The third-order valence-electron chi connectivity index (χ3n) is 3.24. The van der Waals surface area contributed by atoms with Crippen LogP contribution in [0.4, 0.5) is 0 Å². The minimum atomic E-state index is 0.179. The van der Waals surface area contributed by atoms with Crippen LogP contribution in [0, 0.1) is 5.92 Å². The molecule has 2 heterocycles. The number of carbonyl (C=O) groups excluding carboxylic acids is 1. The van der Waals surface area contributed by atoms with Gasteiger partial charge in [-0.25, -0.2) is 0 Å².